The second kappa shape index (κ2) is 12.8. The zero-order valence-corrected chi connectivity index (χ0v) is 17.4. The minimum Gasteiger partial charge on any atom is -0.206 e. The lowest BCUT2D eigenvalue weighted by atomic mass is 9.79. The Labute approximate surface area is 166 Å². The van der Waals surface area contributed by atoms with Gasteiger partial charge in [-0.25, -0.2) is 4.39 Å². The number of allylic oxidation sites excluding steroid dienone is 2. The minimum atomic E-state index is -0.183. The zero-order valence-electron chi connectivity index (χ0n) is 17.4. The molecular weight excluding hydrogens is 331 g/mol. The molecule has 0 saturated heterocycles. The van der Waals surface area contributed by atoms with E-state index < -0.39 is 0 Å². The summed E-state index contributed by atoms with van der Waals surface area (Å²) >= 11 is 0. The minimum absolute atomic E-state index is 0.183. The number of unbranched alkanes of at least 4 members (excludes halogenated alkanes) is 4. The molecule has 1 aliphatic rings. The molecule has 0 bridgehead atoms. The molecule has 0 aliphatic heterocycles. The van der Waals surface area contributed by atoms with Crippen molar-refractivity contribution in [2.45, 2.75) is 90.9 Å². The predicted molar refractivity (Wildman–Crippen MR) is 115 cm³/mol. The van der Waals surface area contributed by atoms with E-state index in [0.29, 0.717) is 11.5 Å². The molecule has 0 heterocycles. The van der Waals surface area contributed by atoms with Crippen LogP contribution in [0.15, 0.2) is 30.4 Å². The third-order valence-corrected chi connectivity index (χ3v) is 5.87. The molecule has 0 radical (unpaired) electrons. The maximum absolute atomic E-state index is 14.2. The van der Waals surface area contributed by atoms with E-state index in [1.807, 2.05) is 18.2 Å². The van der Waals surface area contributed by atoms with E-state index in [4.69, 9.17) is 0 Å². The molecule has 0 amide bonds. The molecule has 1 aliphatic carbocycles. The van der Waals surface area contributed by atoms with Crippen molar-refractivity contribution < 1.29 is 4.39 Å². The van der Waals surface area contributed by atoms with Gasteiger partial charge in [-0.3, -0.25) is 0 Å². The van der Waals surface area contributed by atoms with Crippen LogP contribution < -0.4 is 0 Å². The van der Waals surface area contributed by atoms with E-state index >= 15 is 0 Å². The molecule has 0 spiro atoms. The molecule has 0 N–H and O–H groups in total. The first-order valence-electron chi connectivity index (χ1n) is 11.2. The highest BCUT2D eigenvalue weighted by molar-refractivity contribution is 5.39. The fourth-order valence-electron chi connectivity index (χ4n) is 4.05. The van der Waals surface area contributed by atoms with Gasteiger partial charge >= 0.3 is 0 Å². The van der Waals surface area contributed by atoms with Crippen molar-refractivity contribution in [3.63, 3.8) is 0 Å². The van der Waals surface area contributed by atoms with Gasteiger partial charge in [0.15, 0.2) is 0 Å². The molecule has 0 nitrogen and oxygen atoms in total. The molecule has 27 heavy (non-hydrogen) atoms. The summed E-state index contributed by atoms with van der Waals surface area (Å²) in [5, 5.41) is 0. The van der Waals surface area contributed by atoms with Crippen molar-refractivity contribution >= 4 is 0 Å². The summed E-state index contributed by atoms with van der Waals surface area (Å²) in [5.74, 6) is 7.44. The quantitative estimate of drug-likeness (QED) is 0.307. The number of halogens is 1. The third-order valence-electron chi connectivity index (χ3n) is 5.87. The highest BCUT2D eigenvalue weighted by Crippen LogP contribution is 2.32. The number of hydrogen-bond donors (Lipinski definition) is 0. The second-order valence-electron chi connectivity index (χ2n) is 8.18. The van der Waals surface area contributed by atoms with Gasteiger partial charge in [-0.05, 0) is 74.1 Å². The fraction of sp³-hybridized carbons (Fsp3) is 0.615. The van der Waals surface area contributed by atoms with Gasteiger partial charge in [0.25, 0.3) is 0 Å². The SMILES string of the molecule is CCCCCc1ccc(C#CC=C[C@H]2CC[C@H](CCCCC)CC2)c(F)c1. The third kappa shape index (κ3) is 8.34. The molecule has 1 heteroatoms. The first-order valence-corrected chi connectivity index (χ1v) is 11.2. The van der Waals surface area contributed by atoms with Gasteiger partial charge in [-0.1, -0.05) is 76.4 Å². The van der Waals surface area contributed by atoms with Crippen molar-refractivity contribution in [3.05, 3.63) is 47.3 Å². The van der Waals surface area contributed by atoms with Crippen LogP contribution in [0.1, 0.15) is 95.6 Å². The first kappa shape index (κ1) is 21.7. The lowest BCUT2D eigenvalue weighted by Gasteiger charge is -2.26. The highest BCUT2D eigenvalue weighted by Gasteiger charge is 2.18. The number of benzene rings is 1. The summed E-state index contributed by atoms with van der Waals surface area (Å²) in [6, 6.07) is 5.51. The zero-order chi connectivity index (χ0) is 19.3. The normalized spacial score (nSPS) is 19.8. The standard InChI is InChI=1S/C26H37F/c1-3-5-7-11-22-15-17-23(18-16-22)12-9-10-14-25-20-19-24(21-26(25)27)13-8-6-4-2/h9,12,19-23H,3-8,11,13,15-18H2,1-2H3/t22-,23-. The fourth-order valence-corrected chi connectivity index (χ4v) is 4.05. The Balaban J connectivity index is 1.76. The van der Waals surface area contributed by atoms with Crippen LogP contribution in [0.5, 0.6) is 0 Å². The van der Waals surface area contributed by atoms with Crippen LogP contribution in [-0.2, 0) is 6.42 Å². The Morgan fingerprint density at radius 3 is 2.44 bits per heavy atom. The Hall–Kier alpha value is -1.55. The molecule has 0 atom stereocenters. The molecule has 2 rings (SSSR count). The summed E-state index contributed by atoms with van der Waals surface area (Å²) in [6.45, 7) is 4.46. The largest absolute Gasteiger partial charge is 0.206 e. The molecule has 1 aromatic rings. The van der Waals surface area contributed by atoms with E-state index in [2.05, 4.69) is 31.8 Å². The Morgan fingerprint density at radius 1 is 1.00 bits per heavy atom. The van der Waals surface area contributed by atoms with Crippen LogP contribution in [0.3, 0.4) is 0 Å². The monoisotopic (exact) mass is 368 g/mol. The van der Waals surface area contributed by atoms with Crippen LogP contribution in [0.25, 0.3) is 0 Å². The van der Waals surface area contributed by atoms with E-state index in [9.17, 15) is 4.39 Å². The average molecular weight is 369 g/mol. The Morgan fingerprint density at radius 2 is 1.74 bits per heavy atom. The predicted octanol–water partition coefficient (Wildman–Crippen LogP) is 7.85. The van der Waals surface area contributed by atoms with Crippen molar-refractivity contribution in [1.29, 1.82) is 0 Å². The summed E-state index contributed by atoms with van der Waals surface area (Å²) in [5.41, 5.74) is 1.59. The highest BCUT2D eigenvalue weighted by atomic mass is 19.1. The molecule has 0 aromatic heterocycles. The first-order chi connectivity index (χ1) is 13.2. The van der Waals surface area contributed by atoms with E-state index in [0.717, 1.165) is 24.3 Å². The molecule has 0 unspecified atom stereocenters. The maximum atomic E-state index is 14.2. The van der Waals surface area contributed by atoms with Crippen molar-refractivity contribution in [1.82, 2.24) is 0 Å². The van der Waals surface area contributed by atoms with Gasteiger partial charge < -0.3 is 0 Å². The lowest BCUT2D eigenvalue weighted by molar-refractivity contribution is 0.289. The van der Waals surface area contributed by atoms with E-state index in [1.165, 1.54) is 64.2 Å². The molecule has 1 fully saturated rings. The average Bonchev–Trinajstić information content (AvgIpc) is 2.68. The van der Waals surface area contributed by atoms with Gasteiger partial charge in [0, 0.05) is 0 Å². The van der Waals surface area contributed by atoms with Crippen LogP contribution in [0, 0.1) is 29.5 Å². The lowest BCUT2D eigenvalue weighted by Crippen LogP contribution is -2.12. The van der Waals surface area contributed by atoms with Crippen LogP contribution >= 0.6 is 0 Å². The smallest absolute Gasteiger partial charge is 0.139 e. The molecular formula is C26H37F. The summed E-state index contributed by atoms with van der Waals surface area (Å²) in [4.78, 5) is 0. The summed E-state index contributed by atoms with van der Waals surface area (Å²) < 4.78 is 14.2. The Kier molecular flexibility index (Phi) is 10.3. The van der Waals surface area contributed by atoms with Gasteiger partial charge in [0.1, 0.15) is 5.82 Å². The summed E-state index contributed by atoms with van der Waals surface area (Å²) in [6.07, 6.45) is 19.5. The topological polar surface area (TPSA) is 0 Å². The van der Waals surface area contributed by atoms with Gasteiger partial charge in [0.2, 0.25) is 0 Å². The second-order valence-corrected chi connectivity index (χ2v) is 8.18. The van der Waals surface area contributed by atoms with Gasteiger partial charge in [-0.2, -0.15) is 0 Å². The van der Waals surface area contributed by atoms with Gasteiger partial charge in [0.05, 0.1) is 5.56 Å². The van der Waals surface area contributed by atoms with Crippen LogP contribution in [0.4, 0.5) is 4.39 Å². The number of hydrogen-bond acceptors (Lipinski definition) is 0. The van der Waals surface area contributed by atoms with E-state index in [1.54, 1.807) is 6.07 Å². The number of rotatable bonds is 9. The van der Waals surface area contributed by atoms with Crippen molar-refractivity contribution in [2.24, 2.45) is 11.8 Å². The number of aryl methyl sites for hydroxylation is 1. The van der Waals surface area contributed by atoms with Gasteiger partial charge in [-0.15, -0.1) is 0 Å². The van der Waals surface area contributed by atoms with E-state index in [-0.39, 0.29) is 5.82 Å². The maximum Gasteiger partial charge on any atom is 0.139 e. The van der Waals surface area contributed by atoms with Crippen molar-refractivity contribution in [2.75, 3.05) is 0 Å². The van der Waals surface area contributed by atoms with Crippen molar-refractivity contribution in [3.8, 4) is 11.8 Å². The Bertz CT molecular complexity index is 623. The summed E-state index contributed by atoms with van der Waals surface area (Å²) in [7, 11) is 0. The molecule has 1 aromatic carbocycles. The van der Waals surface area contributed by atoms with Crippen LogP contribution in [0.2, 0.25) is 0 Å². The molecule has 148 valence electrons. The van der Waals surface area contributed by atoms with Crippen LogP contribution in [-0.4, -0.2) is 0 Å². The molecule has 1 saturated carbocycles.